The van der Waals surface area contributed by atoms with Crippen LogP contribution in [0, 0.1) is 5.82 Å². The molecule has 5 heteroatoms. The van der Waals surface area contributed by atoms with Gasteiger partial charge in [0.1, 0.15) is 10.8 Å². The molecule has 2 nitrogen and oxygen atoms in total. The lowest BCUT2D eigenvalue weighted by Crippen LogP contribution is -2.35. The third-order valence-corrected chi connectivity index (χ3v) is 5.49. The first-order chi connectivity index (χ1) is 10.1. The van der Waals surface area contributed by atoms with Crippen LogP contribution in [0.4, 0.5) is 4.39 Å². The second-order valence-electron chi connectivity index (χ2n) is 5.74. The first-order valence-corrected chi connectivity index (χ1v) is 8.55. The highest BCUT2D eigenvalue weighted by atomic mass is 35.5. The number of halogens is 2. The summed E-state index contributed by atoms with van der Waals surface area (Å²) in [5, 5.41) is 3.09. The van der Waals surface area contributed by atoms with Crippen LogP contribution in [-0.4, -0.2) is 4.98 Å². The van der Waals surface area contributed by atoms with Crippen LogP contribution < -0.4 is 5.73 Å². The lowest BCUT2D eigenvalue weighted by atomic mass is 9.92. The van der Waals surface area contributed by atoms with Crippen LogP contribution in [0.15, 0.2) is 23.6 Å². The van der Waals surface area contributed by atoms with Crippen molar-refractivity contribution in [1.82, 2.24) is 4.98 Å². The predicted octanol–water partition coefficient (Wildman–Crippen LogP) is 5.11. The molecule has 1 fully saturated rings. The Bertz CT molecular complexity index is 633. The number of thiazole rings is 1. The van der Waals surface area contributed by atoms with Crippen molar-refractivity contribution in [2.24, 2.45) is 5.73 Å². The minimum atomic E-state index is -0.407. The summed E-state index contributed by atoms with van der Waals surface area (Å²) in [6, 6.07) is 4.70. The highest BCUT2D eigenvalue weighted by molar-refractivity contribution is 7.10. The maximum absolute atomic E-state index is 13.2. The summed E-state index contributed by atoms with van der Waals surface area (Å²) in [5.41, 5.74) is 7.94. The van der Waals surface area contributed by atoms with Crippen molar-refractivity contribution in [2.75, 3.05) is 0 Å². The van der Waals surface area contributed by atoms with Crippen molar-refractivity contribution in [1.29, 1.82) is 0 Å². The minimum absolute atomic E-state index is 0.124. The Labute approximate surface area is 133 Å². The van der Waals surface area contributed by atoms with Gasteiger partial charge in [0, 0.05) is 10.9 Å². The zero-order valence-corrected chi connectivity index (χ0v) is 13.3. The molecule has 1 aromatic heterocycles. The van der Waals surface area contributed by atoms with Gasteiger partial charge in [-0.2, -0.15) is 0 Å². The van der Waals surface area contributed by atoms with E-state index in [0.717, 1.165) is 41.9 Å². The van der Waals surface area contributed by atoms with Crippen LogP contribution in [0.2, 0.25) is 5.02 Å². The number of nitrogens with two attached hydrogens (primary N) is 1. The number of benzene rings is 1. The molecule has 0 aliphatic heterocycles. The molecule has 1 aliphatic carbocycles. The molecule has 2 N–H and O–H groups in total. The van der Waals surface area contributed by atoms with E-state index in [0.29, 0.717) is 0 Å². The van der Waals surface area contributed by atoms with Crippen LogP contribution >= 0.6 is 22.9 Å². The third kappa shape index (κ3) is 3.12. The first kappa shape index (κ1) is 14.9. The number of hydrogen-bond acceptors (Lipinski definition) is 3. The van der Waals surface area contributed by atoms with E-state index in [9.17, 15) is 4.39 Å². The van der Waals surface area contributed by atoms with Crippen molar-refractivity contribution in [3.8, 4) is 11.3 Å². The fourth-order valence-electron chi connectivity index (χ4n) is 2.86. The van der Waals surface area contributed by atoms with Gasteiger partial charge in [-0.3, -0.25) is 0 Å². The lowest BCUT2D eigenvalue weighted by molar-refractivity contribution is 0.384. The van der Waals surface area contributed by atoms with Crippen LogP contribution in [0.5, 0.6) is 0 Å². The summed E-state index contributed by atoms with van der Waals surface area (Å²) in [5.74, 6) is -0.407. The van der Waals surface area contributed by atoms with E-state index < -0.39 is 5.82 Å². The van der Waals surface area contributed by atoms with Gasteiger partial charge in [-0.25, -0.2) is 9.37 Å². The fourth-order valence-corrected chi connectivity index (χ4v) is 4.05. The summed E-state index contributed by atoms with van der Waals surface area (Å²) in [7, 11) is 0. The molecule has 0 bridgehead atoms. The summed E-state index contributed by atoms with van der Waals surface area (Å²) in [6.07, 6.45) is 6.81. The monoisotopic (exact) mass is 324 g/mol. The predicted molar refractivity (Wildman–Crippen MR) is 86.1 cm³/mol. The molecular formula is C16H18ClFN2S. The van der Waals surface area contributed by atoms with E-state index in [4.69, 9.17) is 22.3 Å². The molecule has 0 atom stereocenters. The molecule has 112 valence electrons. The van der Waals surface area contributed by atoms with Crippen molar-refractivity contribution < 1.29 is 4.39 Å². The maximum atomic E-state index is 13.2. The van der Waals surface area contributed by atoms with Gasteiger partial charge in [0.25, 0.3) is 0 Å². The Balaban J connectivity index is 1.90. The number of nitrogens with zero attached hydrogens (tertiary/aromatic N) is 1. The number of hydrogen-bond donors (Lipinski definition) is 1. The molecule has 2 aromatic rings. The molecule has 0 spiro atoms. The lowest BCUT2D eigenvalue weighted by Gasteiger charge is -2.25. The fraction of sp³-hybridized carbons (Fsp3) is 0.438. The Morgan fingerprint density at radius 1 is 1.19 bits per heavy atom. The second kappa shape index (κ2) is 6.03. The van der Waals surface area contributed by atoms with E-state index in [1.165, 1.54) is 18.9 Å². The molecule has 0 unspecified atom stereocenters. The van der Waals surface area contributed by atoms with Gasteiger partial charge in [-0.05, 0) is 31.0 Å². The maximum Gasteiger partial charge on any atom is 0.141 e. The van der Waals surface area contributed by atoms with Crippen LogP contribution in [-0.2, 0) is 5.54 Å². The highest BCUT2D eigenvalue weighted by Crippen LogP contribution is 2.37. The number of rotatable bonds is 2. The number of aromatic nitrogens is 1. The Morgan fingerprint density at radius 3 is 2.57 bits per heavy atom. The summed E-state index contributed by atoms with van der Waals surface area (Å²) in [4.78, 5) is 4.70. The quantitative estimate of drug-likeness (QED) is 0.779. The average molecular weight is 325 g/mol. The van der Waals surface area contributed by atoms with E-state index in [1.54, 1.807) is 23.5 Å². The topological polar surface area (TPSA) is 38.9 Å². The van der Waals surface area contributed by atoms with Gasteiger partial charge in [0.2, 0.25) is 0 Å². The summed E-state index contributed by atoms with van der Waals surface area (Å²) >= 11 is 7.44. The first-order valence-electron chi connectivity index (χ1n) is 7.29. The van der Waals surface area contributed by atoms with Crippen molar-refractivity contribution in [3.05, 3.63) is 39.4 Å². The SMILES string of the molecule is NC1(c2nc(-c3ccc(F)c(Cl)c3)cs2)CCCCCC1. The molecule has 0 radical (unpaired) electrons. The Morgan fingerprint density at radius 2 is 1.90 bits per heavy atom. The minimum Gasteiger partial charge on any atom is -0.319 e. The zero-order valence-electron chi connectivity index (χ0n) is 11.7. The van der Waals surface area contributed by atoms with Gasteiger partial charge in [-0.1, -0.05) is 37.3 Å². The summed E-state index contributed by atoms with van der Waals surface area (Å²) < 4.78 is 13.2. The van der Waals surface area contributed by atoms with Gasteiger partial charge in [0.15, 0.2) is 0 Å². The standard InChI is InChI=1S/C16H18ClFN2S/c17-12-9-11(5-6-13(12)18)14-10-21-15(20-14)16(19)7-3-1-2-4-8-16/h5-6,9-10H,1-4,7-8,19H2. The Hall–Kier alpha value is -0.970. The van der Waals surface area contributed by atoms with Crippen LogP contribution in [0.25, 0.3) is 11.3 Å². The molecule has 3 rings (SSSR count). The van der Waals surface area contributed by atoms with E-state index in [2.05, 4.69) is 0 Å². The van der Waals surface area contributed by atoms with E-state index in [1.807, 2.05) is 5.38 Å². The summed E-state index contributed by atoms with van der Waals surface area (Å²) in [6.45, 7) is 0. The zero-order chi connectivity index (χ0) is 14.9. The normalized spacial score (nSPS) is 18.4. The molecule has 0 saturated heterocycles. The highest BCUT2D eigenvalue weighted by Gasteiger charge is 2.31. The van der Waals surface area contributed by atoms with E-state index in [-0.39, 0.29) is 10.6 Å². The van der Waals surface area contributed by atoms with Gasteiger partial charge in [0.05, 0.1) is 16.3 Å². The van der Waals surface area contributed by atoms with Gasteiger partial charge in [-0.15, -0.1) is 11.3 Å². The average Bonchev–Trinajstić information content (AvgIpc) is 2.86. The Kier molecular flexibility index (Phi) is 4.29. The smallest absolute Gasteiger partial charge is 0.141 e. The second-order valence-corrected chi connectivity index (χ2v) is 7.00. The van der Waals surface area contributed by atoms with Crippen LogP contribution in [0.1, 0.15) is 43.5 Å². The largest absolute Gasteiger partial charge is 0.319 e. The third-order valence-electron chi connectivity index (χ3n) is 4.14. The van der Waals surface area contributed by atoms with Crippen molar-refractivity contribution >= 4 is 22.9 Å². The molecule has 1 aromatic carbocycles. The van der Waals surface area contributed by atoms with Crippen molar-refractivity contribution in [2.45, 2.75) is 44.1 Å². The van der Waals surface area contributed by atoms with E-state index >= 15 is 0 Å². The molecular weight excluding hydrogens is 307 g/mol. The molecule has 1 saturated carbocycles. The molecule has 1 aliphatic rings. The molecule has 1 heterocycles. The van der Waals surface area contributed by atoms with Crippen molar-refractivity contribution in [3.63, 3.8) is 0 Å². The molecule has 0 amide bonds. The van der Waals surface area contributed by atoms with Crippen LogP contribution in [0.3, 0.4) is 0 Å². The molecule has 21 heavy (non-hydrogen) atoms. The van der Waals surface area contributed by atoms with Gasteiger partial charge < -0.3 is 5.73 Å². The van der Waals surface area contributed by atoms with Gasteiger partial charge >= 0.3 is 0 Å².